The first-order valence-electron chi connectivity index (χ1n) is 4.89. The van der Waals surface area contributed by atoms with Crippen LogP contribution in [-0.4, -0.2) is 11.6 Å². The van der Waals surface area contributed by atoms with E-state index in [0.717, 1.165) is 23.4 Å². The lowest BCUT2D eigenvalue weighted by atomic mass is 10.1. The van der Waals surface area contributed by atoms with Crippen molar-refractivity contribution in [1.82, 2.24) is 0 Å². The van der Waals surface area contributed by atoms with Crippen molar-refractivity contribution < 1.29 is 0 Å². The molecule has 1 aromatic carbocycles. The molecule has 0 amide bonds. The van der Waals surface area contributed by atoms with Crippen LogP contribution >= 0.6 is 34.8 Å². The summed E-state index contributed by atoms with van der Waals surface area (Å²) in [5, 5.41) is 1.12. The van der Waals surface area contributed by atoms with E-state index in [1.165, 1.54) is 5.57 Å². The number of benzene rings is 1. The van der Waals surface area contributed by atoms with Crippen LogP contribution in [0.4, 0.5) is 0 Å². The number of aliphatic imine (C=N–C) groups is 1. The molecule has 0 N–H and O–H groups in total. The van der Waals surface area contributed by atoms with Crippen LogP contribution in [0, 0.1) is 0 Å². The predicted octanol–water partition coefficient (Wildman–Crippen LogP) is 4.70. The summed E-state index contributed by atoms with van der Waals surface area (Å²) in [7, 11) is 0. The van der Waals surface area contributed by atoms with Gasteiger partial charge in [-0.15, -0.1) is 11.6 Å². The van der Waals surface area contributed by atoms with E-state index in [4.69, 9.17) is 34.8 Å². The Morgan fingerprint density at radius 1 is 1.25 bits per heavy atom. The van der Waals surface area contributed by atoms with Gasteiger partial charge in [-0.3, -0.25) is 4.99 Å². The fourth-order valence-corrected chi connectivity index (χ4v) is 2.22. The van der Waals surface area contributed by atoms with E-state index < -0.39 is 0 Å². The summed E-state index contributed by atoms with van der Waals surface area (Å²) in [6, 6.07) is 5.56. The first-order valence-corrected chi connectivity index (χ1v) is 6.18. The van der Waals surface area contributed by atoms with Crippen molar-refractivity contribution in [2.24, 2.45) is 4.99 Å². The predicted molar refractivity (Wildman–Crippen MR) is 71.0 cm³/mol. The van der Waals surface area contributed by atoms with Crippen molar-refractivity contribution in [2.75, 3.05) is 5.88 Å². The number of hydrogen-bond donors (Lipinski definition) is 0. The summed E-state index contributed by atoms with van der Waals surface area (Å²) in [6.07, 6.45) is 0.833. The molecular weight excluding hydrogens is 264 g/mol. The molecule has 2 rings (SSSR count). The first kappa shape index (κ1) is 12.0. The van der Waals surface area contributed by atoms with Crippen molar-refractivity contribution in [2.45, 2.75) is 13.3 Å². The molecule has 4 heteroatoms. The van der Waals surface area contributed by atoms with Crippen molar-refractivity contribution in [1.29, 1.82) is 0 Å². The number of alkyl halides is 1. The maximum absolute atomic E-state index is 5.97. The van der Waals surface area contributed by atoms with Crippen LogP contribution in [0.1, 0.15) is 18.9 Å². The molecule has 1 aliphatic heterocycles. The van der Waals surface area contributed by atoms with Crippen molar-refractivity contribution in [3.63, 3.8) is 0 Å². The SMILES string of the molecule is CC1=C(CCl)N=C(c2ccc(Cl)c(Cl)c2)C1. The minimum Gasteiger partial charge on any atom is -0.256 e. The molecule has 0 bridgehead atoms. The summed E-state index contributed by atoms with van der Waals surface area (Å²) in [5.41, 5.74) is 4.19. The van der Waals surface area contributed by atoms with Gasteiger partial charge in [-0.05, 0) is 30.2 Å². The Balaban J connectivity index is 2.32. The van der Waals surface area contributed by atoms with Gasteiger partial charge in [0.1, 0.15) is 0 Å². The van der Waals surface area contributed by atoms with E-state index in [9.17, 15) is 0 Å². The highest BCUT2D eigenvalue weighted by molar-refractivity contribution is 6.42. The second kappa shape index (κ2) is 4.79. The minimum absolute atomic E-state index is 0.455. The molecule has 0 fully saturated rings. The molecule has 0 saturated heterocycles. The lowest BCUT2D eigenvalue weighted by Crippen LogP contribution is -1.97. The third-order valence-electron chi connectivity index (χ3n) is 2.57. The second-order valence-corrected chi connectivity index (χ2v) is 4.81. The zero-order valence-electron chi connectivity index (χ0n) is 8.73. The van der Waals surface area contributed by atoms with Crippen molar-refractivity contribution in [3.8, 4) is 0 Å². The lowest BCUT2D eigenvalue weighted by molar-refractivity contribution is 1.22. The van der Waals surface area contributed by atoms with Gasteiger partial charge in [-0.1, -0.05) is 29.3 Å². The van der Waals surface area contributed by atoms with Gasteiger partial charge in [0.05, 0.1) is 27.3 Å². The fraction of sp³-hybridized carbons (Fsp3) is 0.250. The van der Waals surface area contributed by atoms with Crippen molar-refractivity contribution >= 4 is 40.5 Å². The summed E-state index contributed by atoms with van der Waals surface area (Å²) in [5.74, 6) is 0.455. The maximum atomic E-state index is 5.97. The van der Waals surface area contributed by atoms with Gasteiger partial charge in [0.25, 0.3) is 0 Å². The summed E-state index contributed by atoms with van der Waals surface area (Å²) in [4.78, 5) is 4.49. The van der Waals surface area contributed by atoms with E-state index in [1.807, 2.05) is 19.1 Å². The lowest BCUT2D eigenvalue weighted by Gasteiger charge is -2.02. The molecule has 0 saturated carbocycles. The Kier molecular flexibility index (Phi) is 3.58. The highest BCUT2D eigenvalue weighted by Crippen LogP contribution is 2.28. The number of allylic oxidation sites excluding steroid dienone is 2. The Morgan fingerprint density at radius 3 is 2.56 bits per heavy atom. The van der Waals surface area contributed by atoms with Gasteiger partial charge in [0, 0.05) is 6.42 Å². The topological polar surface area (TPSA) is 12.4 Å². The van der Waals surface area contributed by atoms with E-state index in [-0.39, 0.29) is 0 Å². The molecule has 0 aromatic heterocycles. The first-order chi connectivity index (χ1) is 7.61. The average molecular weight is 275 g/mol. The molecule has 0 radical (unpaired) electrons. The van der Waals surface area contributed by atoms with Crippen LogP contribution in [0.25, 0.3) is 0 Å². The molecule has 1 aromatic rings. The molecule has 0 aliphatic carbocycles. The van der Waals surface area contributed by atoms with E-state index in [1.54, 1.807) is 6.07 Å². The summed E-state index contributed by atoms with van der Waals surface area (Å²) >= 11 is 17.6. The minimum atomic E-state index is 0.455. The molecule has 1 nitrogen and oxygen atoms in total. The Hall–Kier alpha value is -0.500. The van der Waals surface area contributed by atoms with Gasteiger partial charge < -0.3 is 0 Å². The Labute approximate surface area is 110 Å². The number of rotatable bonds is 2. The maximum Gasteiger partial charge on any atom is 0.0647 e. The molecular formula is C12H10Cl3N. The monoisotopic (exact) mass is 273 g/mol. The van der Waals surface area contributed by atoms with Crippen LogP contribution in [0.2, 0.25) is 10.0 Å². The number of nitrogens with zero attached hydrogens (tertiary/aromatic N) is 1. The largest absolute Gasteiger partial charge is 0.256 e. The third kappa shape index (κ3) is 2.27. The number of hydrogen-bond acceptors (Lipinski definition) is 1. The molecule has 1 heterocycles. The normalized spacial score (nSPS) is 15.6. The highest BCUT2D eigenvalue weighted by atomic mass is 35.5. The highest BCUT2D eigenvalue weighted by Gasteiger charge is 2.15. The van der Waals surface area contributed by atoms with Crippen LogP contribution in [0.3, 0.4) is 0 Å². The van der Waals surface area contributed by atoms with Gasteiger partial charge in [-0.2, -0.15) is 0 Å². The van der Waals surface area contributed by atoms with E-state index in [2.05, 4.69) is 4.99 Å². The smallest absolute Gasteiger partial charge is 0.0647 e. The van der Waals surface area contributed by atoms with Crippen molar-refractivity contribution in [3.05, 3.63) is 45.1 Å². The Morgan fingerprint density at radius 2 is 2.00 bits per heavy atom. The van der Waals surface area contributed by atoms with Gasteiger partial charge in [-0.25, -0.2) is 0 Å². The van der Waals surface area contributed by atoms with Crippen LogP contribution in [0.15, 0.2) is 34.5 Å². The molecule has 0 unspecified atom stereocenters. The second-order valence-electron chi connectivity index (χ2n) is 3.72. The molecule has 16 heavy (non-hydrogen) atoms. The van der Waals surface area contributed by atoms with Crippen LogP contribution in [0.5, 0.6) is 0 Å². The summed E-state index contributed by atoms with van der Waals surface area (Å²) < 4.78 is 0. The average Bonchev–Trinajstić information content (AvgIpc) is 2.64. The zero-order valence-corrected chi connectivity index (χ0v) is 11.0. The van der Waals surface area contributed by atoms with Crippen LogP contribution < -0.4 is 0 Å². The standard InChI is InChI=1S/C12H10Cl3N/c1-7-4-11(16-12(7)6-13)8-2-3-9(14)10(15)5-8/h2-3,5H,4,6H2,1H3. The van der Waals surface area contributed by atoms with E-state index >= 15 is 0 Å². The molecule has 0 atom stereocenters. The van der Waals surface area contributed by atoms with Gasteiger partial charge >= 0.3 is 0 Å². The van der Waals surface area contributed by atoms with E-state index in [0.29, 0.717) is 15.9 Å². The van der Waals surface area contributed by atoms with Gasteiger partial charge in [0.2, 0.25) is 0 Å². The molecule has 1 aliphatic rings. The van der Waals surface area contributed by atoms with Gasteiger partial charge in [0.15, 0.2) is 0 Å². The molecule has 84 valence electrons. The zero-order chi connectivity index (χ0) is 11.7. The molecule has 0 spiro atoms. The third-order valence-corrected chi connectivity index (χ3v) is 3.57. The quantitative estimate of drug-likeness (QED) is 0.693. The van der Waals surface area contributed by atoms with Crippen LogP contribution in [-0.2, 0) is 0 Å². The number of halogens is 3. The fourth-order valence-electron chi connectivity index (χ4n) is 1.64. The Bertz CT molecular complexity index is 489. The summed E-state index contributed by atoms with van der Waals surface area (Å²) in [6.45, 7) is 2.05.